The first kappa shape index (κ1) is 18.3. The third-order valence-corrected chi connectivity index (χ3v) is 5.18. The molecule has 2 aliphatic heterocycles. The smallest absolute Gasteiger partial charge is 0.242 e. The molecule has 0 aliphatic carbocycles. The van der Waals surface area contributed by atoms with Crippen molar-refractivity contribution in [2.24, 2.45) is 0 Å². The quantitative estimate of drug-likeness (QED) is 0.787. The number of ether oxygens (including phenoxy) is 1. The number of piperidine rings is 1. The second-order valence-corrected chi connectivity index (χ2v) is 7.17. The van der Waals surface area contributed by atoms with E-state index in [0.717, 1.165) is 31.5 Å². The van der Waals surface area contributed by atoms with Crippen molar-refractivity contribution in [2.75, 3.05) is 26.2 Å². The van der Waals surface area contributed by atoms with E-state index in [9.17, 15) is 9.59 Å². The Morgan fingerprint density at radius 2 is 2.11 bits per heavy atom. The van der Waals surface area contributed by atoms with Crippen LogP contribution in [0.15, 0.2) is 36.9 Å². The first-order chi connectivity index (χ1) is 13.7. The van der Waals surface area contributed by atoms with E-state index >= 15 is 0 Å². The Bertz CT molecular complexity index is 845. The molecule has 8 heteroatoms. The number of carbonyl (C=O) groups is 2. The zero-order valence-corrected chi connectivity index (χ0v) is 15.7. The van der Waals surface area contributed by atoms with Crippen LogP contribution in [0.3, 0.4) is 0 Å². The van der Waals surface area contributed by atoms with Gasteiger partial charge in [0.05, 0.1) is 24.6 Å². The highest BCUT2D eigenvalue weighted by atomic mass is 16.5. The highest BCUT2D eigenvalue weighted by Gasteiger charge is 2.29. The lowest BCUT2D eigenvalue weighted by molar-refractivity contribution is -0.139. The zero-order chi connectivity index (χ0) is 19.3. The minimum absolute atomic E-state index is 0.00988. The molecule has 146 valence electrons. The van der Waals surface area contributed by atoms with Crippen LogP contribution in [-0.4, -0.2) is 62.7 Å². The fourth-order valence-electron chi connectivity index (χ4n) is 3.72. The molecule has 2 aromatic heterocycles. The summed E-state index contributed by atoms with van der Waals surface area (Å²) in [5.74, 6) is 1.21. The van der Waals surface area contributed by atoms with Crippen LogP contribution in [0.2, 0.25) is 0 Å². The van der Waals surface area contributed by atoms with Crippen LogP contribution >= 0.6 is 0 Å². The molecule has 0 saturated carbocycles. The largest absolute Gasteiger partial charge is 0.436 e. The number of nitrogens with zero attached hydrogens (tertiary/aromatic N) is 5. The van der Waals surface area contributed by atoms with Crippen molar-refractivity contribution >= 4 is 11.8 Å². The van der Waals surface area contributed by atoms with Gasteiger partial charge in [0.15, 0.2) is 0 Å². The molecular weight excluding hydrogens is 358 g/mol. The second kappa shape index (κ2) is 8.33. The van der Waals surface area contributed by atoms with Crippen molar-refractivity contribution in [3.63, 3.8) is 0 Å². The van der Waals surface area contributed by atoms with Crippen LogP contribution in [-0.2, 0) is 9.59 Å². The van der Waals surface area contributed by atoms with Gasteiger partial charge in [0.1, 0.15) is 5.75 Å². The van der Waals surface area contributed by atoms with E-state index in [-0.39, 0.29) is 24.3 Å². The minimum atomic E-state index is 0.00988. The Balaban J connectivity index is 1.40. The molecule has 1 atom stereocenters. The highest BCUT2D eigenvalue weighted by Crippen LogP contribution is 2.27. The van der Waals surface area contributed by atoms with E-state index < -0.39 is 0 Å². The van der Waals surface area contributed by atoms with Gasteiger partial charge in [-0.1, -0.05) is 0 Å². The summed E-state index contributed by atoms with van der Waals surface area (Å²) < 4.78 is 5.72. The molecule has 4 heterocycles. The second-order valence-electron chi connectivity index (χ2n) is 7.17. The summed E-state index contributed by atoms with van der Waals surface area (Å²) in [6.07, 6.45) is 9.84. The normalized spacial score (nSPS) is 19.7. The summed E-state index contributed by atoms with van der Waals surface area (Å²) in [5, 5.41) is 0. The van der Waals surface area contributed by atoms with E-state index in [1.807, 2.05) is 11.0 Å². The Morgan fingerprint density at radius 3 is 2.89 bits per heavy atom. The van der Waals surface area contributed by atoms with E-state index in [1.165, 1.54) is 0 Å². The van der Waals surface area contributed by atoms with Gasteiger partial charge in [-0.3, -0.25) is 19.6 Å². The Morgan fingerprint density at radius 1 is 1.18 bits per heavy atom. The molecule has 2 aromatic rings. The average molecular weight is 381 g/mol. The van der Waals surface area contributed by atoms with Gasteiger partial charge in [0.25, 0.3) is 0 Å². The maximum atomic E-state index is 12.6. The standard InChI is InChI=1S/C20H23N5O3/c26-19-6-3-9-25(19)14-20(27)24-8-2-4-15(13-24)17-11-22-12-18(23-17)28-16-5-1-7-21-10-16/h1,5,7,10-12,15H,2-4,6,8-9,13-14H2. The molecule has 0 aromatic carbocycles. The molecule has 28 heavy (non-hydrogen) atoms. The lowest BCUT2D eigenvalue weighted by Gasteiger charge is -2.33. The van der Waals surface area contributed by atoms with Crippen LogP contribution in [0.1, 0.15) is 37.3 Å². The Labute approximate surface area is 163 Å². The van der Waals surface area contributed by atoms with E-state index in [1.54, 1.807) is 35.8 Å². The predicted molar refractivity (Wildman–Crippen MR) is 101 cm³/mol. The van der Waals surface area contributed by atoms with Gasteiger partial charge in [0.2, 0.25) is 17.7 Å². The fourth-order valence-corrected chi connectivity index (χ4v) is 3.72. The van der Waals surface area contributed by atoms with Gasteiger partial charge in [-0.15, -0.1) is 0 Å². The summed E-state index contributed by atoms with van der Waals surface area (Å²) in [4.78, 5) is 40.8. The van der Waals surface area contributed by atoms with Crippen LogP contribution in [0.4, 0.5) is 0 Å². The Hall–Kier alpha value is -3.03. The van der Waals surface area contributed by atoms with Gasteiger partial charge in [-0.2, -0.15) is 0 Å². The summed E-state index contributed by atoms with van der Waals surface area (Å²) >= 11 is 0. The average Bonchev–Trinajstić information content (AvgIpc) is 3.13. The monoisotopic (exact) mass is 381 g/mol. The van der Waals surface area contributed by atoms with Crippen LogP contribution < -0.4 is 4.74 Å². The van der Waals surface area contributed by atoms with Gasteiger partial charge in [-0.05, 0) is 31.4 Å². The van der Waals surface area contributed by atoms with Crippen molar-refractivity contribution in [1.82, 2.24) is 24.8 Å². The molecule has 1 unspecified atom stereocenters. The third kappa shape index (κ3) is 4.27. The number of likely N-dealkylation sites (tertiary alicyclic amines) is 2. The molecule has 8 nitrogen and oxygen atoms in total. The molecule has 0 spiro atoms. The van der Waals surface area contributed by atoms with E-state index in [0.29, 0.717) is 31.1 Å². The van der Waals surface area contributed by atoms with E-state index in [4.69, 9.17) is 4.74 Å². The lowest BCUT2D eigenvalue weighted by Crippen LogP contribution is -2.45. The van der Waals surface area contributed by atoms with E-state index in [2.05, 4.69) is 15.0 Å². The van der Waals surface area contributed by atoms with Gasteiger partial charge < -0.3 is 14.5 Å². The number of amides is 2. The first-order valence-electron chi connectivity index (χ1n) is 9.64. The number of carbonyl (C=O) groups excluding carboxylic acids is 2. The zero-order valence-electron chi connectivity index (χ0n) is 15.7. The molecular formula is C20H23N5O3. The van der Waals surface area contributed by atoms with Crippen molar-refractivity contribution in [2.45, 2.75) is 31.6 Å². The van der Waals surface area contributed by atoms with Crippen molar-refractivity contribution in [3.8, 4) is 11.6 Å². The maximum Gasteiger partial charge on any atom is 0.242 e. The van der Waals surface area contributed by atoms with Gasteiger partial charge in [-0.25, -0.2) is 4.98 Å². The molecule has 2 amide bonds. The number of hydrogen-bond donors (Lipinski definition) is 0. The fraction of sp³-hybridized carbons (Fsp3) is 0.450. The molecule has 2 saturated heterocycles. The molecule has 0 radical (unpaired) electrons. The minimum Gasteiger partial charge on any atom is -0.436 e. The van der Waals surface area contributed by atoms with Gasteiger partial charge in [0, 0.05) is 44.4 Å². The summed E-state index contributed by atoms with van der Waals surface area (Å²) in [6, 6.07) is 3.60. The van der Waals surface area contributed by atoms with Crippen molar-refractivity contribution < 1.29 is 14.3 Å². The molecule has 2 aliphatic rings. The number of rotatable bonds is 5. The van der Waals surface area contributed by atoms with Crippen LogP contribution in [0.5, 0.6) is 11.6 Å². The Kier molecular flexibility index (Phi) is 5.45. The van der Waals surface area contributed by atoms with Gasteiger partial charge >= 0.3 is 0 Å². The molecule has 0 bridgehead atoms. The lowest BCUT2D eigenvalue weighted by atomic mass is 9.95. The SMILES string of the molecule is O=C1CCCN1CC(=O)N1CCCC(c2cncc(Oc3cccnc3)n2)C1. The van der Waals surface area contributed by atoms with Crippen LogP contribution in [0.25, 0.3) is 0 Å². The highest BCUT2D eigenvalue weighted by molar-refractivity contribution is 5.86. The van der Waals surface area contributed by atoms with Crippen LogP contribution in [0, 0.1) is 0 Å². The van der Waals surface area contributed by atoms with Crippen molar-refractivity contribution in [3.05, 3.63) is 42.6 Å². The number of aromatic nitrogens is 3. The summed E-state index contributed by atoms with van der Waals surface area (Å²) in [7, 11) is 0. The number of pyridine rings is 1. The predicted octanol–water partition coefficient (Wildman–Crippen LogP) is 1.99. The topological polar surface area (TPSA) is 88.5 Å². The summed E-state index contributed by atoms with van der Waals surface area (Å²) in [6.45, 7) is 2.17. The third-order valence-electron chi connectivity index (χ3n) is 5.18. The molecule has 4 rings (SSSR count). The summed E-state index contributed by atoms with van der Waals surface area (Å²) in [5.41, 5.74) is 0.816. The molecule has 2 fully saturated rings. The maximum absolute atomic E-state index is 12.6. The number of hydrogen-bond acceptors (Lipinski definition) is 6. The molecule has 0 N–H and O–H groups in total. The van der Waals surface area contributed by atoms with Crippen molar-refractivity contribution in [1.29, 1.82) is 0 Å². The first-order valence-corrected chi connectivity index (χ1v) is 9.64.